The number of hydrogen-bond acceptors (Lipinski definition) is 4. The Kier molecular flexibility index (Phi) is 5.03. The van der Waals surface area contributed by atoms with E-state index in [-0.39, 0.29) is 29.1 Å². The second-order valence-electron chi connectivity index (χ2n) is 4.93. The molecule has 0 radical (unpaired) electrons. The lowest BCUT2D eigenvalue weighted by Gasteiger charge is -2.17. The fourth-order valence-corrected chi connectivity index (χ4v) is 2.11. The molecule has 0 saturated heterocycles. The maximum Gasteiger partial charge on any atom is 0.311 e. The van der Waals surface area contributed by atoms with E-state index in [9.17, 15) is 14.9 Å². The first kappa shape index (κ1) is 15.1. The minimum atomic E-state index is -0.472. The van der Waals surface area contributed by atoms with Crippen molar-refractivity contribution in [1.82, 2.24) is 0 Å². The molecule has 1 unspecified atom stereocenters. The summed E-state index contributed by atoms with van der Waals surface area (Å²) in [7, 11) is 1.40. The van der Waals surface area contributed by atoms with Gasteiger partial charge in [-0.15, -0.1) is 0 Å². The molecule has 19 heavy (non-hydrogen) atoms. The van der Waals surface area contributed by atoms with Crippen molar-refractivity contribution in [2.75, 3.05) is 7.11 Å². The highest BCUT2D eigenvalue weighted by Gasteiger charge is 2.21. The van der Waals surface area contributed by atoms with Crippen LogP contribution in [-0.2, 0) is 11.2 Å². The van der Waals surface area contributed by atoms with Gasteiger partial charge in [-0.1, -0.05) is 19.9 Å². The van der Waals surface area contributed by atoms with Crippen molar-refractivity contribution >= 4 is 11.5 Å². The van der Waals surface area contributed by atoms with Gasteiger partial charge in [0.2, 0.25) is 0 Å². The van der Waals surface area contributed by atoms with Gasteiger partial charge in [0.1, 0.15) is 5.78 Å². The van der Waals surface area contributed by atoms with Gasteiger partial charge in [0, 0.05) is 12.0 Å². The number of nitro benzene ring substituents is 1. The number of methoxy groups -OCH3 is 1. The Bertz CT molecular complexity index is 482. The maximum atomic E-state index is 11.6. The zero-order valence-electron chi connectivity index (χ0n) is 11.7. The molecular weight excluding hydrogens is 246 g/mol. The van der Waals surface area contributed by atoms with Gasteiger partial charge in [-0.3, -0.25) is 14.9 Å². The van der Waals surface area contributed by atoms with Crippen molar-refractivity contribution in [2.45, 2.75) is 27.2 Å². The van der Waals surface area contributed by atoms with E-state index < -0.39 is 4.92 Å². The molecule has 0 bridgehead atoms. The Labute approximate surface area is 112 Å². The standard InChI is InChI=1S/C14H19NO4/c1-9(2)12(10(3)16)7-11-5-6-14(19-4)13(8-11)15(17)18/h5-6,8-9,12H,7H2,1-4H3. The van der Waals surface area contributed by atoms with Gasteiger partial charge in [-0.2, -0.15) is 0 Å². The molecule has 0 heterocycles. The van der Waals surface area contributed by atoms with Crippen molar-refractivity contribution < 1.29 is 14.5 Å². The molecule has 0 fully saturated rings. The predicted octanol–water partition coefficient (Wildman–Crippen LogP) is 3.01. The molecule has 0 aliphatic heterocycles. The number of hydrogen-bond donors (Lipinski definition) is 0. The minimum Gasteiger partial charge on any atom is -0.490 e. The Morgan fingerprint density at radius 2 is 2.05 bits per heavy atom. The number of rotatable bonds is 6. The number of Topliss-reactive ketones (excluding diaryl/α,β-unsaturated/α-hetero) is 1. The van der Waals surface area contributed by atoms with Gasteiger partial charge in [0.15, 0.2) is 5.75 Å². The molecule has 0 aliphatic carbocycles. The molecule has 5 heteroatoms. The maximum absolute atomic E-state index is 11.6. The van der Waals surface area contributed by atoms with Crippen LogP contribution in [0.2, 0.25) is 0 Å². The second kappa shape index (κ2) is 6.31. The third-order valence-corrected chi connectivity index (χ3v) is 3.22. The zero-order valence-corrected chi connectivity index (χ0v) is 11.7. The van der Waals surface area contributed by atoms with Crippen LogP contribution in [0.5, 0.6) is 5.75 Å². The Balaban J connectivity index is 3.05. The number of ether oxygens (including phenoxy) is 1. The lowest BCUT2D eigenvalue weighted by Crippen LogP contribution is -2.20. The van der Waals surface area contributed by atoms with Crippen LogP contribution >= 0.6 is 0 Å². The van der Waals surface area contributed by atoms with Crippen molar-refractivity contribution in [2.24, 2.45) is 11.8 Å². The van der Waals surface area contributed by atoms with E-state index in [0.29, 0.717) is 6.42 Å². The normalized spacial score (nSPS) is 12.3. The summed E-state index contributed by atoms with van der Waals surface area (Å²) in [6, 6.07) is 4.83. The molecule has 0 aliphatic rings. The van der Waals surface area contributed by atoms with Crippen LogP contribution in [0, 0.1) is 22.0 Å². The quantitative estimate of drug-likeness (QED) is 0.585. The van der Waals surface area contributed by atoms with Gasteiger partial charge in [-0.05, 0) is 30.9 Å². The molecule has 1 aromatic rings. The smallest absolute Gasteiger partial charge is 0.311 e. The molecule has 5 nitrogen and oxygen atoms in total. The van der Waals surface area contributed by atoms with Crippen molar-refractivity contribution in [3.63, 3.8) is 0 Å². The zero-order chi connectivity index (χ0) is 14.6. The third kappa shape index (κ3) is 3.77. The van der Waals surface area contributed by atoms with E-state index in [1.54, 1.807) is 19.1 Å². The molecule has 0 spiro atoms. The van der Waals surface area contributed by atoms with Crippen LogP contribution in [-0.4, -0.2) is 17.8 Å². The highest BCUT2D eigenvalue weighted by Crippen LogP contribution is 2.29. The first-order valence-corrected chi connectivity index (χ1v) is 6.18. The number of carbonyl (C=O) groups excluding carboxylic acids is 1. The van der Waals surface area contributed by atoms with E-state index in [2.05, 4.69) is 0 Å². The monoisotopic (exact) mass is 265 g/mol. The summed E-state index contributed by atoms with van der Waals surface area (Å²) in [6.45, 7) is 5.51. The van der Waals surface area contributed by atoms with Gasteiger partial charge in [0.25, 0.3) is 0 Å². The summed E-state index contributed by atoms with van der Waals surface area (Å²) in [5.74, 6) is 0.429. The molecule has 0 N–H and O–H groups in total. The fourth-order valence-electron chi connectivity index (χ4n) is 2.11. The SMILES string of the molecule is COc1ccc(CC(C(C)=O)C(C)C)cc1[N+](=O)[O-]. The Hall–Kier alpha value is -1.91. The van der Waals surface area contributed by atoms with E-state index >= 15 is 0 Å². The van der Waals surface area contributed by atoms with Crippen molar-refractivity contribution in [3.05, 3.63) is 33.9 Å². The molecule has 0 saturated carbocycles. The van der Waals surface area contributed by atoms with Crippen LogP contribution < -0.4 is 4.74 Å². The van der Waals surface area contributed by atoms with Gasteiger partial charge in [-0.25, -0.2) is 0 Å². The molecule has 0 amide bonds. The molecule has 1 aromatic carbocycles. The van der Waals surface area contributed by atoms with Crippen LogP contribution in [0.1, 0.15) is 26.3 Å². The lowest BCUT2D eigenvalue weighted by molar-refractivity contribution is -0.385. The van der Waals surface area contributed by atoms with E-state index in [0.717, 1.165) is 5.56 Å². The summed E-state index contributed by atoms with van der Waals surface area (Å²) in [6.07, 6.45) is 0.512. The first-order chi connectivity index (χ1) is 8.86. The largest absolute Gasteiger partial charge is 0.490 e. The fraction of sp³-hybridized carbons (Fsp3) is 0.500. The van der Waals surface area contributed by atoms with Gasteiger partial charge >= 0.3 is 5.69 Å². The van der Waals surface area contributed by atoms with Crippen LogP contribution in [0.4, 0.5) is 5.69 Å². The van der Waals surface area contributed by atoms with Gasteiger partial charge < -0.3 is 4.74 Å². The first-order valence-electron chi connectivity index (χ1n) is 6.18. The number of carbonyl (C=O) groups is 1. The number of nitrogens with zero attached hydrogens (tertiary/aromatic N) is 1. The van der Waals surface area contributed by atoms with Crippen molar-refractivity contribution in [1.29, 1.82) is 0 Å². The molecular formula is C14H19NO4. The van der Waals surface area contributed by atoms with E-state index in [1.165, 1.54) is 13.2 Å². The topological polar surface area (TPSA) is 69.4 Å². The Morgan fingerprint density at radius 1 is 1.42 bits per heavy atom. The second-order valence-corrected chi connectivity index (χ2v) is 4.93. The summed E-state index contributed by atoms with van der Waals surface area (Å²) in [5, 5.41) is 10.9. The summed E-state index contributed by atoms with van der Waals surface area (Å²) in [5.41, 5.74) is 0.715. The lowest BCUT2D eigenvalue weighted by atomic mass is 9.86. The Morgan fingerprint density at radius 3 is 2.47 bits per heavy atom. The van der Waals surface area contributed by atoms with Crippen LogP contribution in [0.3, 0.4) is 0 Å². The van der Waals surface area contributed by atoms with Gasteiger partial charge in [0.05, 0.1) is 12.0 Å². The van der Waals surface area contributed by atoms with Crippen LogP contribution in [0.25, 0.3) is 0 Å². The predicted molar refractivity (Wildman–Crippen MR) is 72.4 cm³/mol. The van der Waals surface area contributed by atoms with Crippen molar-refractivity contribution in [3.8, 4) is 5.75 Å². The number of nitro groups is 1. The highest BCUT2D eigenvalue weighted by atomic mass is 16.6. The van der Waals surface area contributed by atoms with Crippen LogP contribution in [0.15, 0.2) is 18.2 Å². The number of benzene rings is 1. The highest BCUT2D eigenvalue weighted by molar-refractivity contribution is 5.78. The average Bonchev–Trinajstić information content (AvgIpc) is 2.34. The average molecular weight is 265 g/mol. The summed E-state index contributed by atoms with van der Waals surface area (Å²) in [4.78, 5) is 22.0. The molecule has 0 aromatic heterocycles. The number of ketones is 1. The molecule has 1 rings (SSSR count). The molecule has 104 valence electrons. The molecule has 1 atom stereocenters. The van der Waals surface area contributed by atoms with E-state index in [1.807, 2.05) is 13.8 Å². The summed E-state index contributed by atoms with van der Waals surface area (Å²) >= 11 is 0. The minimum absolute atomic E-state index is 0.0638. The third-order valence-electron chi connectivity index (χ3n) is 3.22. The van der Waals surface area contributed by atoms with E-state index in [4.69, 9.17) is 4.74 Å². The summed E-state index contributed by atoms with van der Waals surface area (Å²) < 4.78 is 4.95.